The fourth-order valence-electron chi connectivity index (χ4n) is 2.39. The van der Waals surface area contributed by atoms with Crippen LogP contribution in [0.2, 0.25) is 0 Å². The summed E-state index contributed by atoms with van der Waals surface area (Å²) in [4.78, 5) is 23.5. The standard InChI is InChI=1S/C18H26O6/c1-4-6-13(5-2)11-24-17(21)18(22,12-19)16(20)14-7-9-15(23-3)10-8-14/h7-10,12-13,16,20,22H,4-6,11H2,1-3H3. The van der Waals surface area contributed by atoms with Gasteiger partial charge in [-0.05, 0) is 30.0 Å². The molecule has 2 N–H and O–H groups in total. The van der Waals surface area contributed by atoms with E-state index in [-0.39, 0.29) is 24.4 Å². The van der Waals surface area contributed by atoms with Gasteiger partial charge in [-0.3, -0.25) is 4.79 Å². The fourth-order valence-corrected chi connectivity index (χ4v) is 2.39. The van der Waals surface area contributed by atoms with Crippen LogP contribution in [0.1, 0.15) is 44.8 Å². The molecular weight excluding hydrogens is 312 g/mol. The molecule has 1 rings (SSSR count). The maximum Gasteiger partial charge on any atom is 0.348 e. The van der Waals surface area contributed by atoms with E-state index in [2.05, 4.69) is 0 Å². The van der Waals surface area contributed by atoms with Crippen molar-refractivity contribution in [3.8, 4) is 5.75 Å². The summed E-state index contributed by atoms with van der Waals surface area (Å²) in [7, 11) is 1.49. The van der Waals surface area contributed by atoms with Crippen LogP contribution >= 0.6 is 0 Å². The van der Waals surface area contributed by atoms with Gasteiger partial charge >= 0.3 is 5.97 Å². The van der Waals surface area contributed by atoms with Gasteiger partial charge in [0.05, 0.1) is 13.7 Å². The number of carbonyl (C=O) groups excluding carboxylic acids is 2. The number of aliphatic hydroxyl groups is 2. The molecule has 0 aromatic heterocycles. The molecule has 0 spiro atoms. The lowest BCUT2D eigenvalue weighted by Crippen LogP contribution is -2.47. The average molecular weight is 338 g/mol. The molecule has 0 aliphatic heterocycles. The molecule has 3 unspecified atom stereocenters. The highest BCUT2D eigenvalue weighted by Crippen LogP contribution is 2.28. The van der Waals surface area contributed by atoms with E-state index in [0.29, 0.717) is 5.75 Å². The summed E-state index contributed by atoms with van der Waals surface area (Å²) < 4.78 is 10.1. The van der Waals surface area contributed by atoms with Crippen molar-refractivity contribution < 1.29 is 29.3 Å². The molecule has 0 bridgehead atoms. The van der Waals surface area contributed by atoms with Crippen molar-refractivity contribution in [2.24, 2.45) is 5.92 Å². The molecular formula is C18H26O6. The van der Waals surface area contributed by atoms with Crippen LogP contribution in [-0.2, 0) is 14.3 Å². The SMILES string of the molecule is CCCC(CC)COC(=O)C(O)(C=O)C(O)c1ccc(OC)cc1. The van der Waals surface area contributed by atoms with Crippen molar-refractivity contribution in [2.45, 2.75) is 44.8 Å². The van der Waals surface area contributed by atoms with Crippen LogP contribution in [0.3, 0.4) is 0 Å². The van der Waals surface area contributed by atoms with Crippen LogP contribution in [-0.4, -0.2) is 41.8 Å². The highest BCUT2D eigenvalue weighted by Gasteiger charge is 2.46. The van der Waals surface area contributed by atoms with Crippen molar-refractivity contribution in [2.75, 3.05) is 13.7 Å². The summed E-state index contributed by atoms with van der Waals surface area (Å²) >= 11 is 0. The first-order valence-corrected chi connectivity index (χ1v) is 8.10. The van der Waals surface area contributed by atoms with Crippen LogP contribution in [0.15, 0.2) is 24.3 Å². The number of aliphatic hydroxyl groups excluding tert-OH is 1. The number of rotatable bonds is 10. The van der Waals surface area contributed by atoms with Gasteiger partial charge in [-0.25, -0.2) is 4.79 Å². The number of methoxy groups -OCH3 is 1. The van der Waals surface area contributed by atoms with Crippen LogP contribution in [0, 0.1) is 5.92 Å². The maximum absolute atomic E-state index is 12.2. The van der Waals surface area contributed by atoms with Gasteiger partial charge in [0.1, 0.15) is 11.9 Å². The maximum atomic E-state index is 12.2. The van der Waals surface area contributed by atoms with Crippen LogP contribution in [0.5, 0.6) is 5.75 Å². The first-order valence-electron chi connectivity index (χ1n) is 8.10. The van der Waals surface area contributed by atoms with Gasteiger partial charge in [-0.1, -0.05) is 38.8 Å². The molecule has 6 nitrogen and oxygen atoms in total. The minimum atomic E-state index is -2.64. The van der Waals surface area contributed by atoms with Crippen LogP contribution in [0.25, 0.3) is 0 Å². The van der Waals surface area contributed by atoms with Gasteiger partial charge in [0.15, 0.2) is 6.29 Å². The van der Waals surface area contributed by atoms with Gasteiger partial charge in [-0.2, -0.15) is 0 Å². The van der Waals surface area contributed by atoms with Gasteiger partial charge in [0.25, 0.3) is 0 Å². The van der Waals surface area contributed by atoms with Crippen molar-refractivity contribution >= 4 is 12.3 Å². The summed E-state index contributed by atoms with van der Waals surface area (Å²) in [5.74, 6) is -0.433. The van der Waals surface area contributed by atoms with Gasteiger partial charge in [-0.15, -0.1) is 0 Å². The van der Waals surface area contributed by atoms with Crippen LogP contribution < -0.4 is 4.74 Å². The van der Waals surface area contributed by atoms with Crippen molar-refractivity contribution in [1.29, 1.82) is 0 Å². The van der Waals surface area contributed by atoms with E-state index in [9.17, 15) is 19.8 Å². The Kier molecular flexibility index (Phi) is 7.88. The summed E-state index contributed by atoms with van der Waals surface area (Å²) in [6.45, 7) is 4.11. The quantitative estimate of drug-likeness (QED) is 0.385. The Hall–Kier alpha value is -1.92. The fraction of sp³-hybridized carbons (Fsp3) is 0.556. The van der Waals surface area contributed by atoms with Crippen molar-refractivity contribution in [3.63, 3.8) is 0 Å². The minimum absolute atomic E-state index is 0.0189. The second-order valence-corrected chi connectivity index (χ2v) is 5.78. The van der Waals surface area contributed by atoms with E-state index in [1.165, 1.54) is 19.2 Å². The smallest absolute Gasteiger partial charge is 0.348 e. The molecule has 0 saturated heterocycles. The third-order valence-electron chi connectivity index (χ3n) is 4.08. The summed E-state index contributed by atoms with van der Waals surface area (Å²) in [5.41, 5.74) is -2.43. The lowest BCUT2D eigenvalue weighted by atomic mass is 9.92. The zero-order valence-corrected chi connectivity index (χ0v) is 14.4. The van der Waals surface area contributed by atoms with E-state index in [4.69, 9.17) is 9.47 Å². The molecule has 24 heavy (non-hydrogen) atoms. The Morgan fingerprint density at radius 2 is 1.92 bits per heavy atom. The second kappa shape index (κ2) is 9.39. The summed E-state index contributed by atoms with van der Waals surface area (Å²) in [6, 6.07) is 6.06. The number of esters is 1. The summed E-state index contributed by atoms with van der Waals surface area (Å²) in [5, 5.41) is 20.6. The zero-order chi connectivity index (χ0) is 18.2. The zero-order valence-electron chi connectivity index (χ0n) is 14.4. The molecule has 1 aromatic carbocycles. The number of hydrogen-bond donors (Lipinski definition) is 2. The van der Waals surface area contributed by atoms with E-state index in [0.717, 1.165) is 19.3 Å². The Morgan fingerprint density at radius 1 is 1.29 bits per heavy atom. The Morgan fingerprint density at radius 3 is 2.38 bits per heavy atom. The number of hydrogen-bond acceptors (Lipinski definition) is 6. The molecule has 0 radical (unpaired) electrons. The molecule has 134 valence electrons. The first-order chi connectivity index (χ1) is 11.4. The second-order valence-electron chi connectivity index (χ2n) is 5.78. The molecule has 0 fully saturated rings. The number of ether oxygens (including phenoxy) is 2. The predicted molar refractivity (Wildman–Crippen MR) is 88.6 cm³/mol. The Bertz CT molecular complexity index is 527. The average Bonchev–Trinajstić information content (AvgIpc) is 2.63. The molecule has 3 atom stereocenters. The molecule has 0 aliphatic rings. The normalized spacial score (nSPS) is 15.9. The van der Waals surface area contributed by atoms with Gasteiger partial charge in [0.2, 0.25) is 5.60 Å². The van der Waals surface area contributed by atoms with Crippen molar-refractivity contribution in [1.82, 2.24) is 0 Å². The molecule has 0 amide bonds. The number of carbonyl (C=O) groups is 2. The number of aldehydes is 1. The lowest BCUT2D eigenvalue weighted by molar-refractivity contribution is -0.179. The number of benzene rings is 1. The summed E-state index contributed by atoms with van der Waals surface area (Å²) in [6.07, 6.45) is 0.944. The van der Waals surface area contributed by atoms with E-state index in [1.54, 1.807) is 12.1 Å². The lowest BCUT2D eigenvalue weighted by Gasteiger charge is -2.26. The molecule has 1 aromatic rings. The molecule has 0 saturated carbocycles. The van der Waals surface area contributed by atoms with Gasteiger partial charge < -0.3 is 19.7 Å². The predicted octanol–water partition coefficient (Wildman–Crippen LogP) is 2.03. The van der Waals surface area contributed by atoms with Crippen molar-refractivity contribution in [3.05, 3.63) is 29.8 Å². The molecule has 0 aliphatic carbocycles. The van der Waals surface area contributed by atoms with Gasteiger partial charge in [0, 0.05) is 0 Å². The highest BCUT2D eigenvalue weighted by atomic mass is 16.6. The van der Waals surface area contributed by atoms with Crippen LogP contribution in [0.4, 0.5) is 0 Å². The topological polar surface area (TPSA) is 93.1 Å². The van der Waals surface area contributed by atoms with E-state index in [1.807, 2.05) is 13.8 Å². The third-order valence-corrected chi connectivity index (χ3v) is 4.08. The highest BCUT2D eigenvalue weighted by molar-refractivity contribution is 5.97. The van der Waals surface area contributed by atoms with E-state index >= 15 is 0 Å². The Balaban J connectivity index is 2.85. The first kappa shape index (κ1) is 20.1. The third kappa shape index (κ3) is 4.79. The molecule has 6 heteroatoms. The molecule has 0 heterocycles. The Labute approximate surface area is 142 Å². The monoisotopic (exact) mass is 338 g/mol. The van der Waals surface area contributed by atoms with E-state index < -0.39 is 17.7 Å². The largest absolute Gasteiger partial charge is 0.497 e. The minimum Gasteiger partial charge on any atom is -0.497 e.